The summed E-state index contributed by atoms with van der Waals surface area (Å²) in [5.74, 6) is 0. The lowest BCUT2D eigenvalue weighted by atomic mass is 10.0. The Hall–Kier alpha value is -1.32. The molecule has 2 aromatic rings. The molecule has 3 nitrogen and oxygen atoms in total. The number of hydrogen-bond donors (Lipinski definition) is 1. The molecule has 1 fully saturated rings. The zero-order valence-electron chi connectivity index (χ0n) is 14.3. The Bertz CT molecular complexity index is 636. The van der Waals surface area contributed by atoms with E-state index in [4.69, 9.17) is 0 Å². The van der Waals surface area contributed by atoms with E-state index in [1.54, 1.807) is 0 Å². The van der Waals surface area contributed by atoms with Gasteiger partial charge in [-0.05, 0) is 49.4 Å². The Balaban J connectivity index is 1.87. The van der Waals surface area contributed by atoms with E-state index in [-0.39, 0.29) is 0 Å². The van der Waals surface area contributed by atoms with Crippen LogP contribution in [-0.4, -0.2) is 42.2 Å². The molecule has 120 valence electrons. The third kappa shape index (κ3) is 3.21. The Morgan fingerprint density at radius 2 is 1.86 bits per heavy atom. The van der Waals surface area contributed by atoms with Crippen molar-refractivity contribution in [3.05, 3.63) is 35.0 Å². The maximum atomic E-state index is 3.43. The average molecular weight is 299 g/mol. The first-order chi connectivity index (χ1) is 10.7. The van der Waals surface area contributed by atoms with Crippen LogP contribution in [-0.2, 0) is 13.0 Å². The van der Waals surface area contributed by atoms with E-state index in [9.17, 15) is 0 Å². The summed E-state index contributed by atoms with van der Waals surface area (Å²) in [6.07, 6.45) is 4.76. The summed E-state index contributed by atoms with van der Waals surface area (Å²) in [5.41, 5.74) is 5.75. The van der Waals surface area contributed by atoms with E-state index in [1.807, 2.05) is 0 Å². The molecule has 3 rings (SSSR count). The Morgan fingerprint density at radius 3 is 2.59 bits per heavy atom. The highest BCUT2D eigenvalue weighted by Crippen LogP contribution is 2.27. The Kier molecular flexibility index (Phi) is 4.84. The second-order valence-corrected chi connectivity index (χ2v) is 6.67. The van der Waals surface area contributed by atoms with Crippen molar-refractivity contribution in [1.82, 2.24) is 14.8 Å². The minimum Gasteiger partial charge on any atom is -0.347 e. The lowest BCUT2D eigenvalue weighted by molar-refractivity contribution is 0.244. The molecule has 1 aromatic heterocycles. The number of nitrogens with zero attached hydrogens (tertiary/aromatic N) is 2. The number of hydrogen-bond acceptors (Lipinski definition) is 2. The third-order valence-electron chi connectivity index (χ3n) is 4.77. The quantitative estimate of drug-likeness (QED) is 0.915. The smallest absolute Gasteiger partial charge is 0.0488 e. The maximum absolute atomic E-state index is 3.43. The SMILES string of the molecule is CCCn1cc(CCN2CCNCC2)c2c(C)cc(C)cc21. The van der Waals surface area contributed by atoms with Crippen molar-refractivity contribution in [2.45, 2.75) is 40.2 Å². The van der Waals surface area contributed by atoms with E-state index in [2.05, 4.69) is 53.9 Å². The van der Waals surface area contributed by atoms with Crippen molar-refractivity contribution in [2.75, 3.05) is 32.7 Å². The van der Waals surface area contributed by atoms with Gasteiger partial charge in [0.1, 0.15) is 0 Å². The molecule has 22 heavy (non-hydrogen) atoms. The molecule has 1 saturated heterocycles. The van der Waals surface area contributed by atoms with Gasteiger partial charge in [-0.15, -0.1) is 0 Å². The standard InChI is InChI=1S/C19H29N3/c1-4-8-22-14-17(5-9-21-10-6-20-7-11-21)19-16(3)12-15(2)13-18(19)22/h12-14,20H,4-11H2,1-3H3. The van der Waals surface area contributed by atoms with Crippen LogP contribution in [0.15, 0.2) is 18.3 Å². The summed E-state index contributed by atoms with van der Waals surface area (Å²) in [5, 5.41) is 4.93. The highest BCUT2D eigenvalue weighted by molar-refractivity contribution is 5.88. The summed E-state index contributed by atoms with van der Waals surface area (Å²) in [7, 11) is 0. The molecule has 1 N–H and O–H groups in total. The van der Waals surface area contributed by atoms with Crippen LogP contribution in [0, 0.1) is 13.8 Å². The lowest BCUT2D eigenvalue weighted by Crippen LogP contribution is -2.44. The van der Waals surface area contributed by atoms with E-state index in [0.717, 1.165) is 26.1 Å². The van der Waals surface area contributed by atoms with E-state index < -0.39 is 0 Å². The fourth-order valence-electron chi connectivity index (χ4n) is 3.74. The first kappa shape index (κ1) is 15.6. The number of aromatic nitrogens is 1. The molecule has 0 bridgehead atoms. The van der Waals surface area contributed by atoms with Gasteiger partial charge in [0.15, 0.2) is 0 Å². The molecule has 0 amide bonds. The molecule has 0 unspecified atom stereocenters. The van der Waals surface area contributed by atoms with Crippen molar-refractivity contribution >= 4 is 10.9 Å². The fourth-order valence-corrected chi connectivity index (χ4v) is 3.74. The van der Waals surface area contributed by atoms with Crippen LogP contribution in [0.25, 0.3) is 10.9 Å². The minimum atomic E-state index is 1.12. The summed E-state index contributed by atoms with van der Waals surface area (Å²) in [4.78, 5) is 2.59. The van der Waals surface area contributed by atoms with Crippen molar-refractivity contribution in [2.24, 2.45) is 0 Å². The normalized spacial score (nSPS) is 16.5. The molecule has 3 heteroatoms. The Morgan fingerprint density at radius 1 is 1.09 bits per heavy atom. The van der Waals surface area contributed by atoms with Crippen LogP contribution in [0.5, 0.6) is 0 Å². The van der Waals surface area contributed by atoms with Crippen LogP contribution in [0.3, 0.4) is 0 Å². The van der Waals surface area contributed by atoms with Gasteiger partial charge < -0.3 is 14.8 Å². The molecule has 0 atom stereocenters. The van der Waals surface area contributed by atoms with Crippen molar-refractivity contribution in [1.29, 1.82) is 0 Å². The number of aryl methyl sites for hydroxylation is 3. The van der Waals surface area contributed by atoms with Crippen LogP contribution in [0.1, 0.15) is 30.0 Å². The maximum Gasteiger partial charge on any atom is 0.0488 e. The second-order valence-electron chi connectivity index (χ2n) is 6.67. The molecule has 1 aliphatic rings. The average Bonchev–Trinajstić information content (AvgIpc) is 2.85. The number of nitrogens with one attached hydrogen (secondary N) is 1. The molecule has 0 aliphatic carbocycles. The Labute approximate surface area is 134 Å². The molecule has 2 heterocycles. The molecule has 1 aliphatic heterocycles. The van der Waals surface area contributed by atoms with Gasteiger partial charge in [-0.25, -0.2) is 0 Å². The summed E-state index contributed by atoms with van der Waals surface area (Å²) in [6.45, 7) is 13.7. The number of piperazine rings is 1. The largest absolute Gasteiger partial charge is 0.347 e. The zero-order chi connectivity index (χ0) is 15.5. The highest BCUT2D eigenvalue weighted by Gasteiger charge is 2.14. The fraction of sp³-hybridized carbons (Fsp3) is 0.579. The third-order valence-corrected chi connectivity index (χ3v) is 4.77. The van der Waals surface area contributed by atoms with Gasteiger partial charge in [0.05, 0.1) is 0 Å². The van der Waals surface area contributed by atoms with E-state index >= 15 is 0 Å². The van der Waals surface area contributed by atoms with E-state index in [0.29, 0.717) is 0 Å². The number of fused-ring (bicyclic) bond motifs is 1. The molecular weight excluding hydrogens is 270 g/mol. The summed E-state index contributed by atoms with van der Waals surface area (Å²) >= 11 is 0. The predicted molar refractivity (Wildman–Crippen MR) is 94.7 cm³/mol. The lowest BCUT2D eigenvalue weighted by Gasteiger charge is -2.27. The van der Waals surface area contributed by atoms with Crippen LogP contribution < -0.4 is 5.32 Å². The van der Waals surface area contributed by atoms with Gasteiger partial charge in [0, 0.05) is 56.4 Å². The van der Waals surface area contributed by atoms with Gasteiger partial charge >= 0.3 is 0 Å². The number of benzene rings is 1. The number of rotatable bonds is 5. The highest BCUT2D eigenvalue weighted by atomic mass is 15.2. The molecule has 0 spiro atoms. The van der Waals surface area contributed by atoms with Crippen LogP contribution in [0.4, 0.5) is 0 Å². The van der Waals surface area contributed by atoms with Crippen molar-refractivity contribution in [3.63, 3.8) is 0 Å². The summed E-state index contributed by atoms with van der Waals surface area (Å²) in [6, 6.07) is 4.68. The summed E-state index contributed by atoms with van der Waals surface area (Å²) < 4.78 is 2.46. The van der Waals surface area contributed by atoms with Gasteiger partial charge in [-0.1, -0.05) is 13.0 Å². The molecule has 0 saturated carbocycles. The first-order valence-corrected chi connectivity index (χ1v) is 8.71. The predicted octanol–water partition coefficient (Wildman–Crippen LogP) is 3.12. The first-order valence-electron chi connectivity index (χ1n) is 8.71. The molecule has 1 aromatic carbocycles. The molecular formula is C19H29N3. The minimum absolute atomic E-state index is 1.12. The van der Waals surface area contributed by atoms with Crippen LogP contribution >= 0.6 is 0 Å². The monoisotopic (exact) mass is 299 g/mol. The van der Waals surface area contributed by atoms with Crippen molar-refractivity contribution < 1.29 is 0 Å². The van der Waals surface area contributed by atoms with Gasteiger partial charge in [0.2, 0.25) is 0 Å². The van der Waals surface area contributed by atoms with E-state index in [1.165, 1.54) is 53.6 Å². The van der Waals surface area contributed by atoms with Crippen molar-refractivity contribution in [3.8, 4) is 0 Å². The van der Waals surface area contributed by atoms with Crippen LogP contribution in [0.2, 0.25) is 0 Å². The zero-order valence-corrected chi connectivity index (χ0v) is 14.3. The van der Waals surface area contributed by atoms with Gasteiger partial charge in [-0.2, -0.15) is 0 Å². The second kappa shape index (κ2) is 6.84. The van der Waals surface area contributed by atoms with Gasteiger partial charge in [-0.3, -0.25) is 0 Å². The topological polar surface area (TPSA) is 20.2 Å². The molecule has 0 radical (unpaired) electrons. The van der Waals surface area contributed by atoms with Gasteiger partial charge in [0.25, 0.3) is 0 Å².